The van der Waals surface area contributed by atoms with Gasteiger partial charge in [0.15, 0.2) is 0 Å². The average molecular weight is 244 g/mol. The maximum Gasteiger partial charge on any atom is 0.0488 e. The summed E-state index contributed by atoms with van der Waals surface area (Å²) in [7, 11) is 0. The number of hydrogen-bond acceptors (Lipinski definition) is 1. The number of nitrogens with two attached hydrogens (primary N) is 1. The zero-order chi connectivity index (χ0) is 13.1. The first-order chi connectivity index (χ1) is 8.69. The largest absolute Gasteiger partial charge is 0.328 e. The molecule has 0 aliphatic heterocycles. The monoisotopic (exact) mass is 244 g/mol. The highest BCUT2D eigenvalue weighted by Crippen LogP contribution is 2.26. The second kappa shape index (κ2) is 5.57. The van der Waals surface area contributed by atoms with Crippen LogP contribution in [0, 0.1) is 0 Å². The number of rotatable bonds is 5. The fourth-order valence-corrected chi connectivity index (χ4v) is 2.87. The molecule has 0 saturated heterocycles. The Morgan fingerprint density at radius 1 is 1.22 bits per heavy atom. The second-order valence-electron chi connectivity index (χ2n) is 5.14. The third-order valence-electron chi connectivity index (χ3n) is 3.54. The van der Waals surface area contributed by atoms with Crippen molar-refractivity contribution < 1.29 is 0 Å². The highest BCUT2D eigenvalue weighted by molar-refractivity contribution is 5.62. The van der Waals surface area contributed by atoms with Gasteiger partial charge >= 0.3 is 0 Å². The van der Waals surface area contributed by atoms with E-state index in [1.165, 1.54) is 28.8 Å². The van der Waals surface area contributed by atoms with Crippen molar-refractivity contribution in [3.63, 3.8) is 0 Å². The van der Waals surface area contributed by atoms with Crippen molar-refractivity contribution in [3.05, 3.63) is 41.2 Å². The zero-order valence-corrected chi connectivity index (χ0v) is 11.7. The maximum atomic E-state index is 6.01. The molecule has 2 N–H and O–H groups in total. The number of hydrogen-bond donors (Lipinski definition) is 1. The molecule has 0 saturated carbocycles. The summed E-state index contributed by atoms with van der Waals surface area (Å²) in [5, 5.41) is 0. The van der Waals surface area contributed by atoms with E-state index in [4.69, 9.17) is 5.73 Å². The Hall–Kier alpha value is -1.28. The predicted octanol–water partition coefficient (Wildman–Crippen LogP) is 3.34. The Balaban J connectivity index is 2.65. The molecule has 2 aromatic heterocycles. The van der Waals surface area contributed by atoms with Crippen LogP contribution in [0.5, 0.6) is 0 Å². The summed E-state index contributed by atoms with van der Waals surface area (Å²) in [5.74, 6) is 0. The van der Waals surface area contributed by atoms with Crippen LogP contribution in [0.25, 0.3) is 5.52 Å². The van der Waals surface area contributed by atoms with Crippen LogP contribution in [0.1, 0.15) is 44.0 Å². The van der Waals surface area contributed by atoms with Crippen molar-refractivity contribution in [1.82, 2.24) is 4.40 Å². The second-order valence-corrected chi connectivity index (χ2v) is 5.14. The molecule has 18 heavy (non-hydrogen) atoms. The van der Waals surface area contributed by atoms with Gasteiger partial charge in [0.1, 0.15) is 0 Å². The van der Waals surface area contributed by atoms with E-state index in [-0.39, 0.29) is 6.04 Å². The van der Waals surface area contributed by atoms with Gasteiger partial charge in [0, 0.05) is 23.4 Å². The predicted molar refractivity (Wildman–Crippen MR) is 78.1 cm³/mol. The van der Waals surface area contributed by atoms with Crippen LogP contribution in [0.2, 0.25) is 0 Å². The molecule has 0 aliphatic rings. The van der Waals surface area contributed by atoms with Crippen LogP contribution in [-0.4, -0.2) is 10.4 Å². The van der Waals surface area contributed by atoms with Crippen molar-refractivity contribution >= 4 is 5.52 Å². The van der Waals surface area contributed by atoms with E-state index in [1.54, 1.807) is 0 Å². The Labute approximate surface area is 110 Å². The number of aromatic nitrogens is 1. The normalized spacial score (nSPS) is 13.1. The van der Waals surface area contributed by atoms with Crippen molar-refractivity contribution in [3.8, 4) is 0 Å². The number of fused-ring (bicyclic) bond motifs is 1. The van der Waals surface area contributed by atoms with E-state index < -0.39 is 0 Å². The average Bonchev–Trinajstić information content (AvgIpc) is 2.64. The summed E-state index contributed by atoms with van der Waals surface area (Å²) in [4.78, 5) is 0. The lowest BCUT2D eigenvalue weighted by molar-refractivity contribution is 0.735. The lowest BCUT2D eigenvalue weighted by atomic mass is 9.99. The molecule has 0 aliphatic carbocycles. The molecule has 2 heteroatoms. The summed E-state index contributed by atoms with van der Waals surface area (Å²) in [6.45, 7) is 6.58. The minimum Gasteiger partial charge on any atom is -0.328 e. The van der Waals surface area contributed by atoms with Gasteiger partial charge in [-0.2, -0.15) is 0 Å². The van der Waals surface area contributed by atoms with Gasteiger partial charge < -0.3 is 10.1 Å². The summed E-state index contributed by atoms with van der Waals surface area (Å²) < 4.78 is 2.36. The summed E-state index contributed by atoms with van der Waals surface area (Å²) in [6.07, 6.45) is 6.59. The van der Waals surface area contributed by atoms with Gasteiger partial charge in [-0.25, -0.2) is 0 Å². The molecule has 2 heterocycles. The molecule has 2 rings (SSSR count). The first kappa shape index (κ1) is 13.2. The highest BCUT2D eigenvalue weighted by atomic mass is 14.9. The van der Waals surface area contributed by atoms with Gasteiger partial charge in [-0.3, -0.25) is 0 Å². The minimum absolute atomic E-state index is 0.219. The van der Waals surface area contributed by atoms with E-state index in [0.717, 1.165) is 19.3 Å². The lowest BCUT2D eigenvalue weighted by Crippen LogP contribution is -2.18. The molecule has 0 amide bonds. The molecule has 0 spiro atoms. The maximum absolute atomic E-state index is 6.01. The third kappa shape index (κ3) is 2.30. The van der Waals surface area contributed by atoms with Gasteiger partial charge in [0.25, 0.3) is 0 Å². The van der Waals surface area contributed by atoms with Gasteiger partial charge in [0.2, 0.25) is 0 Å². The number of aryl methyl sites for hydroxylation is 1. The van der Waals surface area contributed by atoms with Crippen molar-refractivity contribution in [2.45, 2.75) is 52.5 Å². The van der Waals surface area contributed by atoms with Crippen molar-refractivity contribution in [1.29, 1.82) is 0 Å². The Morgan fingerprint density at radius 3 is 2.61 bits per heavy atom. The molecule has 2 aromatic rings. The van der Waals surface area contributed by atoms with E-state index in [2.05, 4.69) is 49.6 Å². The fraction of sp³-hybridized carbons (Fsp3) is 0.500. The topological polar surface area (TPSA) is 30.4 Å². The Bertz CT molecular complexity index is 523. The van der Waals surface area contributed by atoms with Crippen LogP contribution >= 0.6 is 0 Å². The molecule has 2 nitrogen and oxygen atoms in total. The molecular formula is C16H24N2. The smallest absolute Gasteiger partial charge is 0.0488 e. The molecule has 1 atom stereocenters. The standard InChI is InChI=1S/C16H24N2/c1-4-8-15-13(5-2)14(11-12(3)17)16-9-6-7-10-18(15)16/h6-7,9-10,12H,4-5,8,11,17H2,1-3H3. The molecule has 98 valence electrons. The van der Waals surface area contributed by atoms with E-state index in [9.17, 15) is 0 Å². The number of nitrogens with zero attached hydrogens (tertiary/aromatic N) is 1. The highest BCUT2D eigenvalue weighted by Gasteiger charge is 2.16. The van der Waals surface area contributed by atoms with Crippen LogP contribution in [-0.2, 0) is 19.3 Å². The molecular weight excluding hydrogens is 220 g/mol. The van der Waals surface area contributed by atoms with Crippen LogP contribution in [0.15, 0.2) is 24.4 Å². The first-order valence-electron chi connectivity index (χ1n) is 7.04. The summed E-state index contributed by atoms with van der Waals surface area (Å²) >= 11 is 0. The minimum atomic E-state index is 0.219. The van der Waals surface area contributed by atoms with E-state index >= 15 is 0 Å². The summed E-state index contributed by atoms with van der Waals surface area (Å²) in [6, 6.07) is 6.67. The van der Waals surface area contributed by atoms with Crippen LogP contribution in [0.3, 0.4) is 0 Å². The van der Waals surface area contributed by atoms with Crippen LogP contribution < -0.4 is 5.73 Å². The SMILES string of the molecule is CCCc1c(CC)c(CC(C)N)c2ccccn12. The Kier molecular flexibility index (Phi) is 4.07. The molecule has 0 aromatic carbocycles. The van der Waals surface area contributed by atoms with Gasteiger partial charge in [0.05, 0.1) is 0 Å². The zero-order valence-electron chi connectivity index (χ0n) is 11.7. The molecule has 0 radical (unpaired) electrons. The van der Waals surface area contributed by atoms with Crippen molar-refractivity contribution in [2.24, 2.45) is 5.73 Å². The van der Waals surface area contributed by atoms with Gasteiger partial charge in [-0.05, 0) is 49.4 Å². The molecule has 0 bridgehead atoms. The molecule has 1 unspecified atom stereocenters. The molecule has 0 fully saturated rings. The number of pyridine rings is 1. The van der Waals surface area contributed by atoms with Gasteiger partial charge in [-0.1, -0.05) is 26.3 Å². The van der Waals surface area contributed by atoms with E-state index in [1.807, 2.05) is 0 Å². The first-order valence-corrected chi connectivity index (χ1v) is 7.04. The van der Waals surface area contributed by atoms with E-state index in [0.29, 0.717) is 0 Å². The Morgan fingerprint density at radius 2 is 2.00 bits per heavy atom. The third-order valence-corrected chi connectivity index (χ3v) is 3.54. The summed E-state index contributed by atoms with van der Waals surface area (Å²) in [5.41, 5.74) is 11.8. The quantitative estimate of drug-likeness (QED) is 0.859. The van der Waals surface area contributed by atoms with Crippen LogP contribution in [0.4, 0.5) is 0 Å². The van der Waals surface area contributed by atoms with Crippen molar-refractivity contribution in [2.75, 3.05) is 0 Å². The lowest BCUT2D eigenvalue weighted by Gasteiger charge is -2.07. The fourth-order valence-electron chi connectivity index (χ4n) is 2.87. The van der Waals surface area contributed by atoms with Gasteiger partial charge in [-0.15, -0.1) is 0 Å².